The van der Waals surface area contributed by atoms with Crippen molar-refractivity contribution in [2.24, 2.45) is 0 Å². The highest BCUT2D eigenvalue weighted by atomic mass is 19.4. The van der Waals surface area contributed by atoms with E-state index in [1.807, 2.05) is 0 Å². The molecule has 13 heteroatoms. The summed E-state index contributed by atoms with van der Waals surface area (Å²) in [5.74, 6) is -1.54. The molecule has 0 atom stereocenters. The zero-order valence-corrected chi connectivity index (χ0v) is 22.0. The molecule has 40 heavy (non-hydrogen) atoms. The number of esters is 1. The number of carboxylic acid groups (broad SMARTS) is 1. The number of hydrogen-bond donors (Lipinski definition) is 2. The number of aliphatic carboxylic acids is 1. The van der Waals surface area contributed by atoms with E-state index < -0.39 is 23.7 Å². The van der Waals surface area contributed by atoms with Gasteiger partial charge in [0.15, 0.2) is 0 Å². The molecule has 0 saturated heterocycles. The van der Waals surface area contributed by atoms with E-state index in [9.17, 15) is 22.8 Å². The number of halogens is 3. The third kappa shape index (κ3) is 14.2. The maximum atomic E-state index is 13.0. The summed E-state index contributed by atoms with van der Waals surface area (Å²) >= 11 is 0. The van der Waals surface area contributed by atoms with Crippen molar-refractivity contribution in [3.8, 4) is 0 Å². The smallest absolute Gasteiger partial charge is 0.416 e. The van der Waals surface area contributed by atoms with E-state index in [1.54, 1.807) is 18.2 Å². The fraction of sp³-hybridized carbons (Fsp3) is 0.481. The molecule has 0 unspecified atom stereocenters. The number of carboxylic acids is 1. The number of rotatable bonds is 21. The van der Waals surface area contributed by atoms with Gasteiger partial charge in [0, 0.05) is 5.69 Å². The van der Waals surface area contributed by atoms with Crippen LogP contribution in [0.3, 0.4) is 0 Å². The van der Waals surface area contributed by atoms with Gasteiger partial charge < -0.3 is 38.8 Å². The van der Waals surface area contributed by atoms with Crippen LogP contribution in [0.2, 0.25) is 0 Å². The Hall–Kier alpha value is -3.23. The molecule has 0 amide bonds. The summed E-state index contributed by atoms with van der Waals surface area (Å²) in [6, 6.07) is 11.1. The average Bonchev–Trinajstić information content (AvgIpc) is 2.92. The van der Waals surface area contributed by atoms with Gasteiger partial charge in [0.05, 0.1) is 89.3 Å². The van der Waals surface area contributed by atoms with Crippen LogP contribution in [0.1, 0.15) is 22.3 Å². The summed E-state index contributed by atoms with van der Waals surface area (Å²) in [4.78, 5) is 22.8. The van der Waals surface area contributed by atoms with E-state index in [-0.39, 0.29) is 44.1 Å². The van der Waals surface area contributed by atoms with Gasteiger partial charge in [-0.25, -0.2) is 4.79 Å². The van der Waals surface area contributed by atoms with Crippen molar-refractivity contribution in [1.82, 2.24) is 0 Å². The van der Waals surface area contributed by atoms with Gasteiger partial charge in [-0.1, -0.05) is 18.2 Å². The molecule has 0 spiro atoms. The number of alkyl halides is 3. The molecule has 2 rings (SSSR count). The van der Waals surface area contributed by atoms with Crippen LogP contribution in [0.15, 0.2) is 48.5 Å². The Bertz CT molecular complexity index is 1020. The van der Waals surface area contributed by atoms with Crippen LogP contribution >= 0.6 is 0 Å². The van der Waals surface area contributed by atoms with Crippen molar-refractivity contribution in [1.29, 1.82) is 0 Å². The van der Waals surface area contributed by atoms with Gasteiger partial charge >= 0.3 is 18.1 Å². The molecule has 0 aliphatic heterocycles. The fourth-order valence-corrected chi connectivity index (χ4v) is 3.11. The standard InChI is InChI=1S/C27H34F3NO9/c28-27(29,30)21-4-3-5-22(20-21)31-24-7-2-1-6-23(24)26(34)40-19-18-39-17-16-38-15-14-37-13-12-36-11-10-35-9-8-25(32)33/h1-7,20,31H,8-19H2,(H,32,33). The molecule has 0 bridgehead atoms. The average molecular weight is 574 g/mol. The Morgan fingerprint density at radius 3 is 1.77 bits per heavy atom. The molecule has 2 N–H and O–H groups in total. The molecule has 0 radical (unpaired) electrons. The summed E-state index contributed by atoms with van der Waals surface area (Å²) in [7, 11) is 0. The number of nitrogens with one attached hydrogen (secondary N) is 1. The van der Waals surface area contributed by atoms with Gasteiger partial charge in [0.1, 0.15) is 6.61 Å². The number of ether oxygens (including phenoxy) is 6. The largest absolute Gasteiger partial charge is 0.481 e. The van der Waals surface area contributed by atoms with Crippen molar-refractivity contribution in [2.75, 3.05) is 78.0 Å². The minimum atomic E-state index is -4.48. The minimum absolute atomic E-state index is 0.00949. The number of para-hydroxylation sites is 1. The van der Waals surface area contributed by atoms with E-state index in [1.165, 1.54) is 18.2 Å². The van der Waals surface area contributed by atoms with Gasteiger partial charge in [-0.05, 0) is 30.3 Å². The van der Waals surface area contributed by atoms with Crippen molar-refractivity contribution in [2.45, 2.75) is 12.6 Å². The van der Waals surface area contributed by atoms with E-state index in [4.69, 9.17) is 33.5 Å². The second kappa shape index (κ2) is 19.0. The maximum Gasteiger partial charge on any atom is 0.416 e. The first-order valence-corrected chi connectivity index (χ1v) is 12.6. The lowest BCUT2D eigenvalue weighted by Gasteiger charge is -2.13. The van der Waals surface area contributed by atoms with Crippen LogP contribution in [0.25, 0.3) is 0 Å². The number of benzene rings is 2. The van der Waals surface area contributed by atoms with E-state index in [0.29, 0.717) is 51.9 Å². The molecular formula is C27H34F3NO9. The molecule has 0 saturated carbocycles. The van der Waals surface area contributed by atoms with Crippen molar-refractivity contribution in [3.05, 3.63) is 59.7 Å². The van der Waals surface area contributed by atoms with Crippen LogP contribution in [-0.2, 0) is 39.4 Å². The Labute approximate surface area is 230 Å². The van der Waals surface area contributed by atoms with Gasteiger partial charge in [-0.15, -0.1) is 0 Å². The topological polar surface area (TPSA) is 122 Å². The summed E-state index contributed by atoms with van der Waals surface area (Å²) in [5.41, 5.74) is -0.116. The summed E-state index contributed by atoms with van der Waals surface area (Å²) < 4.78 is 70.6. The Morgan fingerprint density at radius 1 is 0.700 bits per heavy atom. The highest BCUT2D eigenvalue weighted by Crippen LogP contribution is 2.32. The van der Waals surface area contributed by atoms with Crippen LogP contribution < -0.4 is 5.32 Å². The first kappa shape index (κ1) is 33.0. The predicted molar refractivity (Wildman–Crippen MR) is 138 cm³/mol. The molecular weight excluding hydrogens is 539 g/mol. The molecule has 0 aliphatic carbocycles. The maximum absolute atomic E-state index is 13.0. The third-order valence-corrected chi connectivity index (χ3v) is 5.03. The van der Waals surface area contributed by atoms with E-state index in [0.717, 1.165) is 12.1 Å². The van der Waals surface area contributed by atoms with Crippen LogP contribution in [0.4, 0.5) is 24.5 Å². The lowest BCUT2D eigenvalue weighted by molar-refractivity contribution is -0.139. The lowest BCUT2D eigenvalue weighted by Crippen LogP contribution is -2.15. The summed E-state index contributed by atoms with van der Waals surface area (Å²) in [6.45, 7) is 3.10. The SMILES string of the molecule is O=C(O)CCOCCOCCOCCOCCOCCOC(=O)c1ccccc1Nc1cccc(C(F)(F)F)c1. The van der Waals surface area contributed by atoms with Crippen molar-refractivity contribution < 1.29 is 56.3 Å². The van der Waals surface area contributed by atoms with Crippen LogP contribution in [0.5, 0.6) is 0 Å². The molecule has 0 aromatic heterocycles. The molecule has 0 heterocycles. The van der Waals surface area contributed by atoms with Gasteiger partial charge in [-0.2, -0.15) is 13.2 Å². The molecule has 2 aromatic carbocycles. The fourth-order valence-electron chi connectivity index (χ4n) is 3.11. The van der Waals surface area contributed by atoms with Crippen LogP contribution in [-0.4, -0.2) is 89.7 Å². The minimum Gasteiger partial charge on any atom is -0.481 e. The van der Waals surface area contributed by atoms with Crippen molar-refractivity contribution in [3.63, 3.8) is 0 Å². The predicted octanol–water partition coefficient (Wildman–Crippen LogP) is 4.16. The van der Waals surface area contributed by atoms with E-state index in [2.05, 4.69) is 5.32 Å². The quantitative estimate of drug-likeness (QED) is 0.166. The lowest BCUT2D eigenvalue weighted by atomic mass is 10.1. The molecule has 0 aliphatic rings. The van der Waals surface area contributed by atoms with Crippen LogP contribution in [0, 0.1) is 0 Å². The summed E-state index contributed by atoms with van der Waals surface area (Å²) in [6.07, 6.45) is -4.51. The molecule has 2 aromatic rings. The second-order valence-corrected chi connectivity index (χ2v) is 8.09. The number of carbonyl (C=O) groups excluding carboxylic acids is 1. The van der Waals surface area contributed by atoms with E-state index >= 15 is 0 Å². The second-order valence-electron chi connectivity index (χ2n) is 8.09. The highest BCUT2D eigenvalue weighted by Gasteiger charge is 2.30. The Balaban J connectivity index is 1.50. The number of anilines is 2. The first-order chi connectivity index (χ1) is 19.3. The zero-order chi connectivity index (χ0) is 29.1. The Morgan fingerprint density at radius 2 is 1.23 bits per heavy atom. The Kier molecular flexibility index (Phi) is 15.6. The normalized spacial score (nSPS) is 11.4. The van der Waals surface area contributed by atoms with Crippen molar-refractivity contribution >= 4 is 23.3 Å². The monoisotopic (exact) mass is 573 g/mol. The van der Waals surface area contributed by atoms with Gasteiger partial charge in [0.2, 0.25) is 0 Å². The number of hydrogen-bond acceptors (Lipinski definition) is 9. The highest BCUT2D eigenvalue weighted by molar-refractivity contribution is 5.96. The molecule has 0 fully saturated rings. The third-order valence-electron chi connectivity index (χ3n) is 5.03. The summed E-state index contributed by atoms with van der Waals surface area (Å²) in [5, 5.41) is 11.3. The molecule has 222 valence electrons. The van der Waals surface area contributed by atoms with Gasteiger partial charge in [-0.3, -0.25) is 4.79 Å². The molecule has 10 nitrogen and oxygen atoms in total. The first-order valence-electron chi connectivity index (χ1n) is 12.6. The van der Waals surface area contributed by atoms with Gasteiger partial charge in [0.25, 0.3) is 0 Å². The zero-order valence-electron chi connectivity index (χ0n) is 22.0. The number of carbonyl (C=O) groups is 2.